The molecule has 112 valence electrons. The maximum atomic E-state index is 11.8. The van der Waals surface area contributed by atoms with E-state index in [-0.39, 0.29) is 6.03 Å². The lowest BCUT2D eigenvalue weighted by Gasteiger charge is -2.07. The SMILES string of the molecule is O=C(NCc1ccc2[nH]c(=O)oc2c1)Nc1ccc(Cl)cc1. The van der Waals surface area contributed by atoms with E-state index in [1.165, 1.54) is 0 Å². The van der Waals surface area contributed by atoms with Crippen molar-refractivity contribution in [3.05, 3.63) is 63.6 Å². The van der Waals surface area contributed by atoms with Gasteiger partial charge in [-0.2, -0.15) is 0 Å². The highest BCUT2D eigenvalue weighted by molar-refractivity contribution is 6.30. The van der Waals surface area contributed by atoms with Crippen molar-refractivity contribution < 1.29 is 9.21 Å². The van der Waals surface area contributed by atoms with Crippen LogP contribution in [-0.2, 0) is 6.54 Å². The first-order chi connectivity index (χ1) is 10.6. The molecule has 22 heavy (non-hydrogen) atoms. The van der Waals surface area contributed by atoms with Crippen molar-refractivity contribution in [1.82, 2.24) is 10.3 Å². The Balaban J connectivity index is 1.61. The van der Waals surface area contributed by atoms with Crippen LogP contribution in [0, 0.1) is 0 Å². The average molecular weight is 318 g/mol. The van der Waals surface area contributed by atoms with Crippen molar-refractivity contribution in [2.75, 3.05) is 5.32 Å². The monoisotopic (exact) mass is 317 g/mol. The molecule has 3 rings (SSSR count). The number of carbonyl (C=O) groups is 1. The van der Waals surface area contributed by atoms with E-state index in [2.05, 4.69) is 15.6 Å². The first-order valence-electron chi connectivity index (χ1n) is 6.52. The van der Waals surface area contributed by atoms with Gasteiger partial charge in [-0.3, -0.25) is 4.98 Å². The maximum Gasteiger partial charge on any atom is 0.417 e. The molecule has 0 saturated heterocycles. The van der Waals surface area contributed by atoms with Crippen LogP contribution in [0.15, 0.2) is 51.7 Å². The van der Waals surface area contributed by atoms with Gasteiger partial charge in [-0.25, -0.2) is 9.59 Å². The Kier molecular flexibility index (Phi) is 3.84. The summed E-state index contributed by atoms with van der Waals surface area (Å²) in [6.07, 6.45) is 0. The van der Waals surface area contributed by atoms with E-state index in [0.717, 1.165) is 5.56 Å². The molecule has 0 aliphatic carbocycles. The molecule has 1 heterocycles. The minimum absolute atomic E-state index is 0.310. The molecule has 0 spiro atoms. The first-order valence-corrected chi connectivity index (χ1v) is 6.90. The lowest BCUT2D eigenvalue weighted by Crippen LogP contribution is -2.28. The molecule has 2 amide bonds. The van der Waals surface area contributed by atoms with Gasteiger partial charge in [-0.15, -0.1) is 0 Å². The second-order valence-corrected chi connectivity index (χ2v) is 5.10. The average Bonchev–Trinajstić information content (AvgIpc) is 2.87. The van der Waals surface area contributed by atoms with Crippen LogP contribution in [0.4, 0.5) is 10.5 Å². The Labute approximate surface area is 130 Å². The van der Waals surface area contributed by atoms with E-state index in [0.29, 0.717) is 28.4 Å². The van der Waals surface area contributed by atoms with Gasteiger partial charge in [-0.05, 0) is 42.0 Å². The van der Waals surface area contributed by atoms with Crippen LogP contribution in [0.1, 0.15) is 5.56 Å². The number of urea groups is 1. The number of hydrogen-bond acceptors (Lipinski definition) is 3. The third-order valence-corrected chi connectivity index (χ3v) is 3.29. The molecule has 3 N–H and O–H groups in total. The fourth-order valence-corrected chi connectivity index (χ4v) is 2.12. The molecule has 7 heteroatoms. The summed E-state index contributed by atoms with van der Waals surface area (Å²) in [4.78, 5) is 25.4. The number of halogens is 1. The predicted octanol–water partition coefficient (Wildman–Crippen LogP) is 3.10. The van der Waals surface area contributed by atoms with Gasteiger partial charge in [0.15, 0.2) is 5.58 Å². The number of anilines is 1. The fraction of sp³-hybridized carbons (Fsp3) is 0.0667. The van der Waals surface area contributed by atoms with Crippen molar-refractivity contribution in [3.8, 4) is 0 Å². The van der Waals surface area contributed by atoms with Crippen LogP contribution in [0.3, 0.4) is 0 Å². The van der Waals surface area contributed by atoms with E-state index in [1.807, 2.05) is 0 Å². The third kappa shape index (κ3) is 3.29. The summed E-state index contributed by atoms with van der Waals surface area (Å²) in [5.74, 6) is -0.499. The summed E-state index contributed by atoms with van der Waals surface area (Å²) < 4.78 is 4.97. The molecule has 0 aliphatic rings. The Morgan fingerprint density at radius 1 is 1.18 bits per heavy atom. The number of nitrogens with one attached hydrogen (secondary N) is 3. The van der Waals surface area contributed by atoms with E-state index in [1.54, 1.807) is 42.5 Å². The van der Waals surface area contributed by atoms with Crippen LogP contribution in [-0.4, -0.2) is 11.0 Å². The molecule has 3 aromatic rings. The number of rotatable bonds is 3. The predicted molar refractivity (Wildman–Crippen MR) is 84.1 cm³/mol. The number of carbonyl (C=O) groups excluding carboxylic acids is 1. The van der Waals surface area contributed by atoms with Crippen LogP contribution in [0.5, 0.6) is 0 Å². The topological polar surface area (TPSA) is 87.1 Å². The first kappa shape index (κ1) is 14.2. The van der Waals surface area contributed by atoms with Gasteiger partial charge in [-0.1, -0.05) is 17.7 Å². The Morgan fingerprint density at radius 3 is 2.73 bits per heavy atom. The summed E-state index contributed by atoms with van der Waals surface area (Å²) in [6.45, 7) is 0.310. The van der Waals surface area contributed by atoms with Gasteiger partial charge < -0.3 is 15.1 Å². The molecule has 2 aromatic carbocycles. The Hall–Kier alpha value is -2.73. The fourth-order valence-electron chi connectivity index (χ4n) is 1.99. The molecule has 0 radical (unpaired) electrons. The lowest BCUT2D eigenvalue weighted by molar-refractivity contribution is 0.251. The Morgan fingerprint density at radius 2 is 1.95 bits per heavy atom. The minimum Gasteiger partial charge on any atom is -0.408 e. The largest absolute Gasteiger partial charge is 0.417 e. The van der Waals surface area contributed by atoms with Crippen LogP contribution in [0.2, 0.25) is 5.02 Å². The summed E-state index contributed by atoms with van der Waals surface area (Å²) in [7, 11) is 0. The molecule has 0 aliphatic heterocycles. The van der Waals surface area contributed by atoms with Crippen LogP contribution < -0.4 is 16.4 Å². The number of aromatic amines is 1. The smallest absolute Gasteiger partial charge is 0.408 e. The molecule has 0 saturated carbocycles. The highest BCUT2D eigenvalue weighted by Crippen LogP contribution is 2.14. The summed E-state index contributed by atoms with van der Waals surface area (Å²) in [6, 6.07) is 11.7. The number of amides is 2. The third-order valence-electron chi connectivity index (χ3n) is 3.04. The highest BCUT2D eigenvalue weighted by atomic mass is 35.5. The van der Waals surface area contributed by atoms with E-state index in [4.69, 9.17) is 16.0 Å². The number of oxazole rings is 1. The molecular weight excluding hydrogens is 306 g/mol. The van der Waals surface area contributed by atoms with Gasteiger partial charge in [0.1, 0.15) is 0 Å². The van der Waals surface area contributed by atoms with Crippen molar-refractivity contribution in [3.63, 3.8) is 0 Å². The highest BCUT2D eigenvalue weighted by Gasteiger charge is 2.05. The molecule has 0 atom stereocenters. The van der Waals surface area contributed by atoms with Gasteiger partial charge in [0.2, 0.25) is 0 Å². The number of benzene rings is 2. The van der Waals surface area contributed by atoms with Crippen molar-refractivity contribution in [1.29, 1.82) is 0 Å². The maximum absolute atomic E-state index is 11.8. The minimum atomic E-state index is -0.499. The Bertz CT molecular complexity index is 868. The zero-order valence-electron chi connectivity index (χ0n) is 11.4. The normalized spacial score (nSPS) is 10.6. The quantitative estimate of drug-likeness (QED) is 0.693. The zero-order valence-corrected chi connectivity index (χ0v) is 12.1. The number of H-pyrrole nitrogens is 1. The van der Waals surface area contributed by atoms with Crippen LogP contribution >= 0.6 is 11.6 Å². The summed E-state index contributed by atoms with van der Waals surface area (Å²) in [5, 5.41) is 6.02. The number of hydrogen-bond donors (Lipinski definition) is 3. The zero-order chi connectivity index (χ0) is 15.5. The second kappa shape index (κ2) is 5.95. The molecule has 1 aromatic heterocycles. The molecule has 0 bridgehead atoms. The van der Waals surface area contributed by atoms with Gasteiger partial charge in [0.25, 0.3) is 0 Å². The second-order valence-electron chi connectivity index (χ2n) is 4.66. The number of aromatic nitrogens is 1. The van der Waals surface area contributed by atoms with Crippen molar-refractivity contribution in [2.24, 2.45) is 0 Å². The standard InChI is InChI=1S/C15H12ClN3O3/c16-10-2-4-11(5-3-10)18-14(20)17-8-9-1-6-12-13(7-9)22-15(21)19-12/h1-7H,8H2,(H,19,21)(H2,17,18,20). The molecular formula is C15H12ClN3O3. The molecule has 0 fully saturated rings. The summed E-state index contributed by atoms with van der Waals surface area (Å²) >= 11 is 5.78. The van der Waals surface area contributed by atoms with Gasteiger partial charge in [0, 0.05) is 17.3 Å². The van der Waals surface area contributed by atoms with E-state index < -0.39 is 5.76 Å². The number of fused-ring (bicyclic) bond motifs is 1. The molecule has 0 unspecified atom stereocenters. The lowest BCUT2D eigenvalue weighted by atomic mass is 10.2. The van der Waals surface area contributed by atoms with Gasteiger partial charge in [0.05, 0.1) is 5.52 Å². The summed E-state index contributed by atoms with van der Waals surface area (Å²) in [5.41, 5.74) is 2.55. The van der Waals surface area contributed by atoms with E-state index in [9.17, 15) is 9.59 Å². The van der Waals surface area contributed by atoms with E-state index >= 15 is 0 Å². The molecule has 6 nitrogen and oxygen atoms in total. The van der Waals surface area contributed by atoms with Crippen LogP contribution in [0.25, 0.3) is 11.1 Å². The van der Waals surface area contributed by atoms with Gasteiger partial charge >= 0.3 is 11.8 Å². The van der Waals surface area contributed by atoms with Crippen molar-refractivity contribution >= 4 is 34.4 Å². The van der Waals surface area contributed by atoms with Crippen molar-refractivity contribution in [2.45, 2.75) is 6.54 Å².